The number of hydrogen-bond donors (Lipinski definition) is 2. The Kier molecular flexibility index (Phi) is 3.88. The molecule has 2 N–H and O–H groups in total. The number of aryl methyl sites for hydroxylation is 2. The smallest absolute Gasteiger partial charge is 0.220 e. The average Bonchev–Trinajstić information content (AvgIpc) is 2.96. The Morgan fingerprint density at radius 3 is 2.79 bits per heavy atom. The lowest BCUT2D eigenvalue weighted by molar-refractivity contribution is -0.121. The Morgan fingerprint density at radius 1 is 1.42 bits per heavy atom. The standard InChI is InChI=1S/C11H17N7O/c1-7-9(8(2)18(3)15-7)4-5-11(19)12-6-10-13-16-17-14-10/h4-6H2,1-3H3,(H,12,19)(H,13,14,16,17). The number of hydrogen-bond acceptors (Lipinski definition) is 5. The van der Waals surface area contributed by atoms with Gasteiger partial charge >= 0.3 is 0 Å². The van der Waals surface area contributed by atoms with Crippen molar-refractivity contribution in [2.24, 2.45) is 7.05 Å². The van der Waals surface area contributed by atoms with E-state index in [-0.39, 0.29) is 5.91 Å². The van der Waals surface area contributed by atoms with Gasteiger partial charge in [-0.25, -0.2) is 0 Å². The quantitative estimate of drug-likeness (QED) is 0.777. The summed E-state index contributed by atoms with van der Waals surface area (Å²) < 4.78 is 1.84. The number of amides is 1. The van der Waals surface area contributed by atoms with Gasteiger partial charge in [-0.2, -0.15) is 10.3 Å². The van der Waals surface area contributed by atoms with E-state index < -0.39 is 0 Å². The van der Waals surface area contributed by atoms with E-state index in [2.05, 4.69) is 31.0 Å². The molecule has 2 rings (SSSR count). The van der Waals surface area contributed by atoms with Crippen LogP contribution < -0.4 is 5.32 Å². The molecule has 0 aliphatic rings. The van der Waals surface area contributed by atoms with Crippen LogP contribution in [-0.2, 0) is 24.8 Å². The Morgan fingerprint density at radius 2 is 2.21 bits per heavy atom. The Bertz CT molecular complexity index is 558. The van der Waals surface area contributed by atoms with Crippen LogP contribution in [0.2, 0.25) is 0 Å². The van der Waals surface area contributed by atoms with E-state index in [0.29, 0.717) is 25.2 Å². The second kappa shape index (κ2) is 5.59. The van der Waals surface area contributed by atoms with E-state index in [1.807, 2.05) is 25.6 Å². The number of carbonyl (C=O) groups is 1. The number of nitrogens with zero attached hydrogens (tertiary/aromatic N) is 5. The van der Waals surface area contributed by atoms with Gasteiger partial charge in [0.15, 0.2) is 5.82 Å². The third kappa shape index (κ3) is 3.15. The van der Waals surface area contributed by atoms with Crippen molar-refractivity contribution >= 4 is 5.91 Å². The molecule has 0 aromatic carbocycles. The number of rotatable bonds is 5. The molecule has 1 amide bonds. The van der Waals surface area contributed by atoms with E-state index in [9.17, 15) is 4.79 Å². The van der Waals surface area contributed by atoms with Crippen LogP contribution in [0.4, 0.5) is 0 Å². The molecule has 2 aromatic heterocycles. The normalized spacial score (nSPS) is 10.7. The molecule has 2 heterocycles. The fourth-order valence-corrected chi connectivity index (χ4v) is 1.94. The first-order valence-electron chi connectivity index (χ1n) is 6.06. The van der Waals surface area contributed by atoms with Gasteiger partial charge in [0.05, 0.1) is 12.2 Å². The number of aromatic amines is 1. The van der Waals surface area contributed by atoms with Gasteiger partial charge in [-0.1, -0.05) is 5.21 Å². The Balaban J connectivity index is 1.83. The monoisotopic (exact) mass is 263 g/mol. The molecule has 2 aromatic rings. The largest absolute Gasteiger partial charge is 0.349 e. The van der Waals surface area contributed by atoms with Gasteiger partial charge in [0, 0.05) is 19.2 Å². The summed E-state index contributed by atoms with van der Waals surface area (Å²) in [6.07, 6.45) is 1.11. The minimum atomic E-state index is -0.0348. The maximum Gasteiger partial charge on any atom is 0.220 e. The highest BCUT2D eigenvalue weighted by Gasteiger charge is 2.11. The van der Waals surface area contributed by atoms with Crippen molar-refractivity contribution in [2.75, 3.05) is 0 Å². The van der Waals surface area contributed by atoms with Crippen LogP contribution in [0, 0.1) is 13.8 Å². The summed E-state index contributed by atoms with van der Waals surface area (Å²) in [5.41, 5.74) is 3.21. The molecule has 0 aliphatic carbocycles. The second-order valence-electron chi connectivity index (χ2n) is 4.38. The van der Waals surface area contributed by atoms with E-state index in [1.165, 1.54) is 0 Å². The van der Waals surface area contributed by atoms with Crippen LogP contribution in [0.1, 0.15) is 29.2 Å². The molecule has 0 bridgehead atoms. The fraction of sp³-hybridized carbons (Fsp3) is 0.545. The number of nitrogens with one attached hydrogen (secondary N) is 2. The average molecular weight is 263 g/mol. The lowest BCUT2D eigenvalue weighted by Gasteiger charge is -2.03. The highest BCUT2D eigenvalue weighted by molar-refractivity contribution is 5.76. The first-order chi connectivity index (χ1) is 9.08. The van der Waals surface area contributed by atoms with Gasteiger partial charge in [0.1, 0.15) is 0 Å². The van der Waals surface area contributed by atoms with Crippen molar-refractivity contribution in [3.63, 3.8) is 0 Å². The van der Waals surface area contributed by atoms with Gasteiger partial charge in [0.2, 0.25) is 5.91 Å². The molecule has 102 valence electrons. The zero-order valence-corrected chi connectivity index (χ0v) is 11.3. The number of tetrazole rings is 1. The van der Waals surface area contributed by atoms with Crippen molar-refractivity contribution < 1.29 is 4.79 Å². The van der Waals surface area contributed by atoms with Crippen LogP contribution in [0.5, 0.6) is 0 Å². The fourth-order valence-electron chi connectivity index (χ4n) is 1.94. The molecule has 0 saturated heterocycles. The number of carbonyl (C=O) groups excluding carboxylic acids is 1. The van der Waals surface area contributed by atoms with Crippen molar-refractivity contribution in [3.8, 4) is 0 Å². The molecule has 0 spiro atoms. The third-order valence-electron chi connectivity index (χ3n) is 3.09. The zero-order chi connectivity index (χ0) is 13.8. The lowest BCUT2D eigenvalue weighted by atomic mass is 10.1. The molecule has 0 saturated carbocycles. The topological polar surface area (TPSA) is 101 Å². The molecule has 8 heteroatoms. The van der Waals surface area contributed by atoms with E-state index in [4.69, 9.17) is 0 Å². The van der Waals surface area contributed by atoms with Crippen LogP contribution >= 0.6 is 0 Å². The summed E-state index contributed by atoms with van der Waals surface area (Å²) >= 11 is 0. The second-order valence-corrected chi connectivity index (χ2v) is 4.38. The minimum absolute atomic E-state index is 0.0348. The highest BCUT2D eigenvalue weighted by atomic mass is 16.1. The first kappa shape index (κ1) is 13.2. The summed E-state index contributed by atoms with van der Waals surface area (Å²) in [7, 11) is 1.90. The summed E-state index contributed by atoms with van der Waals surface area (Å²) in [6, 6.07) is 0. The predicted molar refractivity (Wildman–Crippen MR) is 67.0 cm³/mol. The van der Waals surface area contributed by atoms with Crippen molar-refractivity contribution in [1.29, 1.82) is 0 Å². The molecule has 0 fully saturated rings. The SMILES string of the molecule is Cc1nn(C)c(C)c1CCC(=O)NCc1nn[nH]n1. The Hall–Kier alpha value is -2.25. The molecule has 19 heavy (non-hydrogen) atoms. The minimum Gasteiger partial charge on any atom is -0.349 e. The number of H-pyrrole nitrogens is 1. The van der Waals surface area contributed by atoms with E-state index in [1.54, 1.807) is 0 Å². The summed E-state index contributed by atoms with van der Waals surface area (Å²) in [5, 5.41) is 20.4. The Labute approximate surface area is 110 Å². The van der Waals surface area contributed by atoms with Crippen molar-refractivity contribution in [2.45, 2.75) is 33.2 Å². The molecule has 0 unspecified atom stereocenters. The summed E-state index contributed by atoms with van der Waals surface area (Å²) in [5.74, 6) is 0.439. The molecular weight excluding hydrogens is 246 g/mol. The van der Waals surface area contributed by atoms with Gasteiger partial charge in [-0.15, -0.1) is 10.2 Å². The van der Waals surface area contributed by atoms with Crippen molar-refractivity contribution in [1.82, 2.24) is 35.7 Å². The predicted octanol–water partition coefficient (Wildman–Crippen LogP) is -0.201. The van der Waals surface area contributed by atoms with E-state index in [0.717, 1.165) is 17.0 Å². The maximum atomic E-state index is 11.7. The van der Waals surface area contributed by atoms with Crippen LogP contribution in [0.3, 0.4) is 0 Å². The van der Waals surface area contributed by atoms with Gasteiger partial charge in [-0.05, 0) is 25.8 Å². The van der Waals surface area contributed by atoms with Gasteiger partial charge in [0.25, 0.3) is 0 Å². The third-order valence-corrected chi connectivity index (χ3v) is 3.09. The summed E-state index contributed by atoms with van der Waals surface area (Å²) in [6.45, 7) is 4.26. The van der Waals surface area contributed by atoms with Crippen LogP contribution in [-0.4, -0.2) is 36.3 Å². The lowest BCUT2D eigenvalue weighted by Crippen LogP contribution is -2.23. The maximum absolute atomic E-state index is 11.7. The molecule has 8 nitrogen and oxygen atoms in total. The van der Waals surface area contributed by atoms with Gasteiger partial charge < -0.3 is 5.32 Å². The van der Waals surface area contributed by atoms with Gasteiger partial charge in [-0.3, -0.25) is 9.48 Å². The number of aromatic nitrogens is 6. The first-order valence-corrected chi connectivity index (χ1v) is 6.06. The van der Waals surface area contributed by atoms with E-state index >= 15 is 0 Å². The molecule has 0 radical (unpaired) electrons. The molecule has 0 atom stereocenters. The zero-order valence-electron chi connectivity index (χ0n) is 11.3. The van der Waals surface area contributed by atoms with Crippen LogP contribution in [0.15, 0.2) is 0 Å². The van der Waals surface area contributed by atoms with Crippen LogP contribution in [0.25, 0.3) is 0 Å². The van der Waals surface area contributed by atoms with Crippen molar-refractivity contribution in [3.05, 3.63) is 22.8 Å². The highest BCUT2D eigenvalue weighted by Crippen LogP contribution is 2.13. The molecular formula is C11H17N7O. The molecule has 0 aliphatic heterocycles. The summed E-state index contributed by atoms with van der Waals surface area (Å²) in [4.78, 5) is 11.7.